The van der Waals surface area contributed by atoms with Crippen molar-refractivity contribution in [1.29, 1.82) is 0 Å². The number of aliphatic hydroxyl groups is 1. The molecule has 3 N–H and O–H groups in total. The van der Waals surface area contributed by atoms with Crippen LogP contribution in [-0.4, -0.2) is 69.7 Å². The molecule has 2 amide bonds. The average molecular weight is 445 g/mol. The number of carbonyl (C=O) groups excluding carboxylic acids is 2. The first-order valence-electron chi connectivity index (χ1n) is 10.6. The Labute approximate surface area is 187 Å². The largest absolute Gasteiger partial charge is 0.497 e. The molecule has 174 valence electrons. The molecule has 2 unspecified atom stereocenters. The van der Waals surface area contributed by atoms with Gasteiger partial charge in [-0.2, -0.15) is 0 Å². The lowest BCUT2D eigenvalue weighted by atomic mass is 9.85. The van der Waals surface area contributed by atoms with Crippen molar-refractivity contribution in [2.24, 2.45) is 5.41 Å². The molecule has 0 spiro atoms. The molecule has 3 atom stereocenters. The van der Waals surface area contributed by atoms with Gasteiger partial charge in [0.15, 0.2) is 0 Å². The van der Waals surface area contributed by atoms with Gasteiger partial charge in [0, 0.05) is 25.7 Å². The maximum absolute atomic E-state index is 13.5. The van der Waals surface area contributed by atoms with Crippen molar-refractivity contribution in [3.8, 4) is 5.75 Å². The number of β-amino-alcohol motifs (C(OH)–C–C–N with tert-alkyl or cyclic N) is 1. The Kier molecular flexibility index (Phi) is 7.02. The molecule has 1 aromatic heterocycles. The number of rotatable bonds is 7. The second kappa shape index (κ2) is 9.56. The number of aromatic nitrogens is 3. The van der Waals surface area contributed by atoms with Crippen molar-refractivity contribution in [2.45, 2.75) is 51.9 Å². The van der Waals surface area contributed by atoms with E-state index in [1.807, 2.05) is 45.0 Å². The molecule has 1 aliphatic rings. The van der Waals surface area contributed by atoms with Crippen LogP contribution < -0.4 is 15.4 Å². The number of aliphatic hydroxyl groups excluding tert-OH is 1. The highest BCUT2D eigenvalue weighted by atomic mass is 16.5. The van der Waals surface area contributed by atoms with Gasteiger partial charge in [-0.25, -0.2) is 4.68 Å². The first kappa shape index (κ1) is 23.5. The number of amides is 2. The summed E-state index contributed by atoms with van der Waals surface area (Å²) < 4.78 is 6.72. The highest BCUT2D eigenvalue weighted by molar-refractivity contribution is 5.90. The summed E-state index contributed by atoms with van der Waals surface area (Å²) in [5.74, 6) is 0.225. The van der Waals surface area contributed by atoms with Crippen molar-refractivity contribution in [3.05, 3.63) is 36.2 Å². The van der Waals surface area contributed by atoms with Crippen LogP contribution in [0.2, 0.25) is 0 Å². The average Bonchev–Trinajstić information content (AvgIpc) is 3.37. The van der Waals surface area contributed by atoms with E-state index in [4.69, 9.17) is 4.74 Å². The van der Waals surface area contributed by atoms with Gasteiger partial charge in [0.1, 0.15) is 23.5 Å². The molecular weight excluding hydrogens is 412 g/mol. The van der Waals surface area contributed by atoms with Gasteiger partial charge in [0.25, 0.3) is 0 Å². The normalized spacial score (nSPS) is 19.5. The van der Waals surface area contributed by atoms with Gasteiger partial charge < -0.3 is 25.4 Å². The zero-order chi connectivity index (χ0) is 23.5. The molecule has 2 aromatic rings. The van der Waals surface area contributed by atoms with Crippen LogP contribution in [0, 0.1) is 5.41 Å². The summed E-state index contributed by atoms with van der Waals surface area (Å²) in [5, 5.41) is 24.4. The zero-order valence-electron chi connectivity index (χ0n) is 19.2. The summed E-state index contributed by atoms with van der Waals surface area (Å²) in [7, 11) is 3.14. The third-order valence-corrected chi connectivity index (χ3v) is 5.55. The van der Waals surface area contributed by atoms with Crippen molar-refractivity contribution < 1.29 is 19.4 Å². The highest BCUT2D eigenvalue weighted by Crippen LogP contribution is 2.34. The van der Waals surface area contributed by atoms with Crippen LogP contribution in [0.3, 0.4) is 0 Å². The second-order valence-corrected chi connectivity index (χ2v) is 9.05. The monoisotopic (exact) mass is 444 g/mol. The van der Waals surface area contributed by atoms with Gasteiger partial charge >= 0.3 is 0 Å². The minimum absolute atomic E-state index is 0.115. The molecule has 0 bridgehead atoms. The molecule has 10 heteroatoms. The number of anilines is 1. The molecule has 1 aromatic carbocycles. The number of likely N-dealkylation sites (tertiary alicyclic amines) is 1. The first-order chi connectivity index (χ1) is 15.1. The number of nitrogens with zero attached hydrogens (tertiary/aromatic N) is 4. The third kappa shape index (κ3) is 5.18. The van der Waals surface area contributed by atoms with Crippen molar-refractivity contribution in [3.63, 3.8) is 0 Å². The number of carbonyl (C=O) groups is 2. The maximum atomic E-state index is 13.5. The molecule has 1 aliphatic heterocycles. The predicted octanol–water partition coefficient (Wildman–Crippen LogP) is 1.19. The fourth-order valence-electron chi connectivity index (χ4n) is 3.93. The minimum atomic E-state index is -0.734. The van der Waals surface area contributed by atoms with E-state index in [1.54, 1.807) is 18.0 Å². The summed E-state index contributed by atoms with van der Waals surface area (Å²) in [5.41, 5.74) is 1.09. The Bertz CT molecular complexity index is 937. The molecule has 0 radical (unpaired) electrons. The van der Waals surface area contributed by atoms with Gasteiger partial charge in [-0.1, -0.05) is 26.0 Å². The van der Waals surface area contributed by atoms with Gasteiger partial charge in [0.05, 0.1) is 26.0 Å². The number of nitrogens with one attached hydrogen (secondary N) is 2. The zero-order valence-corrected chi connectivity index (χ0v) is 19.2. The fourth-order valence-corrected chi connectivity index (χ4v) is 3.93. The first-order valence-corrected chi connectivity index (χ1v) is 10.6. The highest BCUT2D eigenvalue weighted by Gasteiger charge is 2.44. The fraction of sp³-hybridized carbons (Fsp3) is 0.545. The second-order valence-electron chi connectivity index (χ2n) is 9.05. The molecule has 3 rings (SSSR count). The predicted molar refractivity (Wildman–Crippen MR) is 119 cm³/mol. The number of ether oxygens (including phenoxy) is 1. The van der Waals surface area contributed by atoms with Crippen molar-refractivity contribution in [1.82, 2.24) is 25.2 Å². The molecule has 10 nitrogen and oxygen atoms in total. The summed E-state index contributed by atoms with van der Waals surface area (Å²) in [6, 6.07) is 6.15. The molecule has 32 heavy (non-hydrogen) atoms. The Balaban J connectivity index is 1.77. The number of hydrogen-bond acceptors (Lipinski definition) is 7. The van der Waals surface area contributed by atoms with Gasteiger partial charge in [-0.05, 0) is 29.7 Å². The SMILES string of the molecule is CNC(=O)C1CC(O)CN1C(=O)[C@@H](n1cc(CNc2ccc(OC)cc2)nn1)C(C)(C)C. The van der Waals surface area contributed by atoms with E-state index in [2.05, 4.69) is 20.9 Å². The molecular formula is C22H32N6O4. The number of likely N-dealkylation sites (N-methyl/N-ethyl adjacent to an activating group) is 1. The summed E-state index contributed by atoms with van der Waals surface area (Å²) >= 11 is 0. The molecule has 2 heterocycles. The molecule has 1 saturated heterocycles. The number of methoxy groups -OCH3 is 1. The van der Waals surface area contributed by atoms with Crippen LogP contribution in [0.15, 0.2) is 30.5 Å². The lowest BCUT2D eigenvalue weighted by Gasteiger charge is -2.34. The Hall–Kier alpha value is -3.14. The summed E-state index contributed by atoms with van der Waals surface area (Å²) in [4.78, 5) is 27.3. The molecule has 0 aliphatic carbocycles. The van der Waals surface area contributed by atoms with Crippen LogP contribution in [-0.2, 0) is 16.1 Å². The maximum Gasteiger partial charge on any atom is 0.248 e. The summed E-state index contributed by atoms with van der Waals surface area (Å²) in [6.07, 6.45) is 1.23. The van der Waals surface area contributed by atoms with E-state index in [1.165, 1.54) is 11.9 Å². The molecule has 0 saturated carbocycles. The lowest BCUT2D eigenvalue weighted by Crippen LogP contribution is -2.49. The van der Waals surface area contributed by atoms with Crippen LogP contribution in [0.1, 0.15) is 38.9 Å². The Morgan fingerprint density at radius 3 is 2.56 bits per heavy atom. The smallest absolute Gasteiger partial charge is 0.248 e. The number of hydrogen-bond donors (Lipinski definition) is 3. The van der Waals surface area contributed by atoms with Crippen molar-refractivity contribution in [2.75, 3.05) is 26.0 Å². The lowest BCUT2D eigenvalue weighted by molar-refractivity contribution is -0.144. The Morgan fingerprint density at radius 1 is 1.28 bits per heavy atom. The van der Waals surface area contributed by atoms with E-state index in [0.29, 0.717) is 12.2 Å². The standard InChI is InChI=1S/C22H32N6O4/c1-22(2,3)19(21(31)27-13-16(29)10-18(27)20(30)23-4)28-12-15(25-26-28)11-24-14-6-8-17(32-5)9-7-14/h6-9,12,16,18-19,24,29H,10-11,13H2,1-5H3,(H,23,30)/t16?,18?,19-/m1/s1. The number of benzene rings is 1. The van der Waals surface area contributed by atoms with Crippen LogP contribution >= 0.6 is 0 Å². The van der Waals surface area contributed by atoms with E-state index in [9.17, 15) is 14.7 Å². The van der Waals surface area contributed by atoms with Crippen LogP contribution in [0.5, 0.6) is 5.75 Å². The van der Waals surface area contributed by atoms with E-state index in [-0.39, 0.29) is 24.8 Å². The van der Waals surface area contributed by atoms with E-state index >= 15 is 0 Å². The minimum Gasteiger partial charge on any atom is -0.497 e. The van der Waals surface area contributed by atoms with Gasteiger partial charge in [-0.3, -0.25) is 9.59 Å². The van der Waals surface area contributed by atoms with Gasteiger partial charge in [-0.15, -0.1) is 5.10 Å². The quantitative estimate of drug-likeness (QED) is 0.586. The van der Waals surface area contributed by atoms with Crippen LogP contribution in [0.4, 0.5) is 5.69 Å². The molecule has 1 fully saturated rings. The third-order valence-electron chi connectivity index (χ3n) is 5.55. The van der Waals surface area contributed by atoms with Crippen molar-refractivity contribution >= 4 is 17.5 Å². The van der Waals surface area contributed by atoms with E-state index < -0.39 is 23.6 Å². The topological polar surface area (TPSA) is 122 Å². The van der Waals surface area contributed by atoms with E-state index in [0.717, 1.165) is 11.4 Å². The van der Waals surface area contributed by atoms with Gasteiger partial charge in [0.2, 0.25) is 11.8 Å². The summed E-state index contributed by atoms with van der Waals surface area (Å²) in [6.45, 7) is 6.36. The van der Waals surface area contributed by atoms with Crippen LogP contribution in [0.25, 0.3) is 0 Å². The Morgan fingerprint density at radius 2 is 1.97 bits per heavy atom.